The van der Waals surface area contributed by atoms with E-state index in [0.29, 0.717) is 30.2 Å². The quantitative estimate of drug-likeness (QED) is 0.403. The van der Waals surface area contributed by atoms with E-state index < -0.39 is 35.0 Å². The largest absolute Gasteiger partial charge is 0.496 e. The number of halogens is 2. The number of alkyl halides is 1. The van der Waals surface area contributed by atoms with Crippen LogP contribution in [0.25, 0.3) is 11.4 Å². The Hall–Kier alpha value is -2.49. The normalized spacial score (nSPS) is 29.1. The van der Waals surface area contributed by atoms with E-state index in [9.17, 15) is 4.79 Å². The van der Waals surface area contributed by atoms with E-state index in [0.717, 1.165) is 35.7 Å². The summed E-state index contributed by atoms with van der Waals surface area (Å²) < 4.78 is 28.9. The molecule has 5 rings (SSSR count). The average Bonchev–Trinajstić information content (AvgIpc) is 3.67. The van der Waals surface area contributed by atoms with Gasteiger partial charge >= 0.3 is 6.09 Å². The van der Waals surface area contributed by atoms with Gasteiger partial charge in [-0.25, -0.2) is 14.2 Å². The standard InChI is InChI=1S/C28H37BrFN5O3/c1-26(2,3)38-25(36)35-27(4)12-7-13-28(35,5)23(30)20(15-27)34(18-9-10-18)22-16-31-24(33-32-22)19-11-8-17(29)14-21(19)37-6/h8,11,14,16,18,20,23H,7,9-10,12-13,15H2,1-6H3/t20-,23-,27-,28+/m1/s1. The van der Waals surface area contributed by atoms with Crippen LogP contribution in [0.15, 0.2) is 28.9 Å². The number of hydrogen-bond acceptors (Lipinski definition) is 7. The van der Waals surface area contributed by atoms with Crippen molar-refractivity contribution < 1.29 is 18.7 Å². The maximum absolute atomic E-state index is 16.7. The molecule has 2 aromatic rings. The molecule has 3 fully saturated rings. The van der Waals surface area contributed by atoms with Crippen LogP contribution in [0.3, 0.4) is 0 Å². The summed E-state index contributed by atoms with van der Waals surface area (Å²) in [6.45, 7) is 9.49. The molecule has 0 radical (unpaired) electrons. The number of aromatic nitrogens is 3. The fourth-order valence-corrected chi connectivity index (χ4v) is 6.75. The number of methoxy groups -OCH3 is 1. The second kappa shape index (κ2) is 9.61. The van der Waals surface area contributed by atoms with E-state index in [2.05, 4.69) is 42.9 Å². The van der Waals surface area contributed by atoms with E-state index in [1.807, 2.05) is 45.9 Å². The van der Waals surface area contributed by atoms with Crippen LogP contribution in [0.2, 0.25) is 0 Å². The third-order valence-corrected chi connectivity index (χ3v) is 8.62. The molecule has 3 heterocycles. The minimum Gasteiger partial charge on any atom is -0.496 e. The van der Waals surface area contributed by atoms with Gasteiger partial charge in [-0.15, -0.1) is 10.2 Å². The van der Waals surface area contributed by atoms with Crippen LogP contribution in [-0.2, 0) is 4.74 Å². The van der Waals surface area contributed by atoms with Gasteiger partial charge in [0, 0.05) is 16.1 Å². The SMILES string of the molecule is COc1cc(Br)ccc1-c1ncc(N(C2CC2)[C@@H]2C[C@@]3(C)CCC[C@@](C)([C@@H]2F)N3C(=O)OC(C)(C)C)nn1. The van der Waals surface area contributed by atoms with Gasteiger partial charge in [-0.1, -0.05) is 15.9 Å². The molecule has 0 spiro atoms. The van der Waals surface area contributed by atoms with E-state index in [1.54, 1.807) is 18.2 Å². The molecule has 2 saturated heterocycles. The predicted molar refractivity (Wildman–Crippen MR) is 147 cm³/mol. The fourth-order valence-electron chi connectivity index (χ4n) is 6.41. The summed E-state index contributed by atoms with van der Waals surface area (Å²) in [5.74, 6) is 1.65. The number of anilines is 1. The molecular weight excluding hydrogens is 553 g/mol. The molecule has 1 aromatic carbocycles. The Bertz CT molecular complexity index is 1200. The highest BCUT2D eigenvalue weighted by atomic mass is 79.9. The van der Waals surface area contributed by atoms with E-state index in [4.69, 9.17) is 9.47 Å². The van der Waals surface area contributed by atoms with Crippen molar-refractivity contribution >= 4 is 27.8 Å². The molecule has 2 bridgehead atoms. The summed E-state index contributed by atoms with van der Waals surface area (Å²) in [5, 5.41) is 8.96. The van der Waals surface area contributed by atoms with Crippen molar-refractivity contribution in [2.45, 2.75) is 108 Å². The van der Waals surface area contributed by atoms with Crippen molar-refractivity contribution in [3.63, 3.8) is 0 Å². The first kappa shape index (κ1) is 27.1. The number of carbonyl (C=O) groups excluding carboxylic acids is 1. The van der Waals surface area contributed by atoms with Gasteiger partial charge in [-0.05, 0) is 91.3 Å². The minimum absolute atomic E-state index is 0.184. The molecule has 3 aliphatic rings. The maximum atomic E-state index is 16.7. The van der Waals surface area contributed by atoms with Crippen molar-refractivity contribution in [2.75, 3.05) is 12.0 Å². The Morgan fingerprint density at radius 2 is 1.95 bits per heavy atom. The van der Waals surface area contributed by atoms with Gasteiger partial charge in [0.25, 0.3) is 0 Å². The molecule has 0 unspecified atom stereocenters. The van der Waals surface area contributed by atoms with Gasteiger partial charge in [0.05, 0.1) is 30.5 Å². The predicted octanol–water partition coefficient (Wildman–Crippen LogP) is 6.33. The lowest BCUT2D eigenvalue weighted by Gasteiger charge is -2.63. The first-order chi connectivity index (χ1) is 17.9. The number of hydrogen-bond donors (Lipinski definition) is 0. The summed E-state index contributed by atoms with van der Waals surface area (Å²) >= 11 is 3.46. The molecule has 4 atom stereocenters. The molecule has 1 saturated carbocycles. The van der Waals surface area contributed by atoms with Crippen molar-refractivity contribution in [3.05, 3.63) is 28.9 Å². The zero-order valence-corrected chi connectivity index (χ0v) is 24.6. The Kier molecular flexibility index (Phi) is 6.85. The number of amides is 1. The summed E-state index contributed by atoms with van der Waals surface area (Å²) in [7, 11) is 1.60. The van der Waals surface area contributed by atoms with E-state index in [1.165, 1.54) is 0 Å². The monoisotopic (exact) mass is 589 g/mol. The lowest BCUT2D eigenvalue weighted by molar-refractivity contribution is -0.127. The minimum atomic E-state index is -1.28. The average molecular weight is 591 g/mol. The zero-order chi connectivity index (χ0) is 27.5. The molecule has 1 amide bonds. The van der Waals surface area contributed by atoms with Gasteiger partial charge in [0.1, 0.15) is 17.5 Å². The lowest BCUT2D eigenvalue weighted by atomic mass is 9.66. The Balaban J connectivity index is 1.47. The third kappa shape index (κ3) is 4.84. The molecule has 1 aromatic heterocycles. The first-order valence-electron chi connectivity index (χ1n) is 13.4. The van der Waals surface area contributed by atoms with Crippen LogP contribution in [0.4, 0.5) is 15.0 Å². The van der Waals surface area contributed by atoms with Crippen LogP contribution < -0.4 is 9.64 Å². The van der Waals surface area contributed by atoms with E-state index >= 15 is 4.39 Å². The van der Waals surface area contributed by atoms with Crippen LogP contribution in [0, 0.1) is 0 Å². The van der Waals surface area contributed by atoms with Gasteiger partial charge in [-0.3, -0.25) is 4.90 Å². The van der Waals surface area contributed by atoms with Gasteiger partial charge in [0.2, 0.25) is 0 Å². The highest BCUT2D eigenvalue weighted by molar-refractivity contribution is 9.10. The number of ether oxygens (including phenoxy) is 2. The molecular formula is C28H37BrFN5O3. The van der Waals surface area contributed by atoms with Crippen LogP contribution in [-0.4, -0.2) is 68.2 Å². The number of piperidine rings is 2. The number of carbonyl (C=O) groups is 1. The Labute approximate surface area is 232 Å². The van der Waals surface area contributed by atoms with Gasteiger partial charge in [0.15, 0.2) is 11.6 Å². The second-order valence-electron chi connectivity index (χ2n) is 12.3. The first-order valence-corrected chi connectivity index (χ1v) is 14.1. The van der Waals surface area contributed by atoms with Gasteiger partial charge < -0.3 is 14.4 Å². The molecule has 10 heteroatoms. The topological polar surface area (TPSA) is 80.7 Å². The lowest BCUT2D eigenvalue weighted by Crippen LogP contribution is -2.75. The molecule has 1 aliphatic carbocycles. The number of rotatable bonds is 5. The van der Waals surface area contributed by atoms with E-state index in [-0.39, 0.29) is 6.04 Å². The van der Waals surface area contributed by atoms with Crippen LogP contribution >= 0.6 is 15.9 Å². The molecule has 38 heavy (non-hydrogen) atoms. The zero-order valence-electron chi connectivity index (χ0n) is 23.0. The molecule has 8 nitrogen and oxygen atoms in total. The van der Waals surface area contributed by atoms with Crippen LogP contribution in [0.5, 0.6) is 5.75 Å². The van der Waals surface area contributed by atoms with Gasteiger partial charge in [-0.2, -0.15) is 0 Å². The van der Waals surface area contributed by atoms with Crippen molar-refractivity contribution in [1.82, 2.24) is 20.1 Å². The maximum Gasteiger partial charge on any atom is 0.411 e. The van der Waals surface area contributed by atoms with Crippen molar-refractivity contribution in [1.29, 1.82) is 0 Å². The number of benzene rings is 1. The number of fused-ring (bicyclic) bond motifs is 2. The fraction of sp³-hybridized carbons (Fsp3) is 0.643. The molecule has 2 aliphatic heterocycles. The Morgan fingerprint density at radius 1 is 1.21 bits per heavy atom. The van der Waals surface area contributed by atoms with Crippen LogP contribution in [0.1, 0.15) is 73.1 Å². The van der Waals surface area contributed by atoms with Crippen molar-refractivity contribution in [3.8, 4) is 17.1 Å². The molecule has 206 valence electrons. The summed E-state index contributed by atoms with van der Waals surface area (Å²) in [6, 6.07) is 5.38. The highest BCUT2D eigenvalue weighted by Gasteiger charge is 2.63. The third-order valence-electron chi connectivity index (χ3n) is 8.12. The summed E-state index contributed by atoms with van der Waals surface area (Å²) in [4.78, 5) is 21.8. The summed E-state index contributed by atoms with van der Waals surface area (Å²) in [6.07, 6.45) is 4.66. The Morgan fingerprint density at radius 3 is 2.55 bits per heavy atom. The molecule has 0 N–H and O–H groups in total. The summed E-state index contributed by atoms with van der Waals surface area (Å²) in [5.41, 5.74) is -1.42. The second-order valence-corrected chi connectivity index (χ2v) is 13.2. The highest BCUT2D eigenvalue weighted by Crippen LogP contribution is 2.52. The number of nitrogens with zero attached hydrogens (tertiary/aromatic N) is 5. The van der Waals surface area contributed by atoms with Crippen molar-refractivity contribution in [2.24, 2.45) is 0 Å². The smallest absolute Gasteiger partial charge is 0.411 e.